The first-order chi connectivity index (χ1) is 12.7. The van der Waals surface area contributed by atoms with Crippen LogP contribution in [0.3, 0.4) is 0 Å². The number of likely N-dealkylation sites (tertiary alicyclic amines) is 1. The Morgan fingerprint density at radius 1 is 1.19 bits per heavy atom. The van der Waals surface area contributed by atoms with Gasteiger partial charge in [0.2, 0.25) is 5.91 Å². The van der Waals surface area contributed by atoms with E-state index in [1.807, 2.05) is 11.1 Å². The van der Waals surface area contributed by atoms with Gasteiger partial charge in [-0.05, 0) is 51.1 Å². The van der Waals surface area contributed by atoms with E-state index < -0.39 is 0 Å². The van der Waals surface area contributed by atoms with Crippen LogP contribution in [0.5, 0.6) is 0 Å². The van der Waals surface area contributed by atoms with Crippen molar-refractivity contribution < 1.29 is 4.79 Å². The number of piperidine rings is 1. The molecule has 5 nitrogen and oxygen atoms in total. The molecule has 5 heteroatoms. The third kappa shape index (κ3) is 3.98. The molecular weight excluding hydrogens is 324 g/mol. The minimum Gasteiger partial charge on any atom is -0.338 e. The van der Waals surface area contributed by atoms with Crippen molar-refractivity contribution in [3.8, 4) is 0 Å². The number of carbonyl (C=O) groups is 1. The van der Waals surface area contributed by atoms with E-state index in [2.05, 4.69) is 22.0 Å². The zero-order valence-electron chi connectivity index (χ0n) is 15.9. The molecule has 0 saturated carbocycles. The second kappa shape index (κ2) is 7.87. The van der Waals surface area contributed by atoms with Gasteiger partial charge in [0.25, 0.3) is 0 Å². The first-order valence-electron chi connectivity index (χ1n) is 10.2. The van der Waals surface area contributed by atoms with Crippen LogP contribution in [0.25, 0.3) is 0 Å². The first-order valence-corrected chi connectivity index (χ1v) is 10.2. The minimum atomic E-state index is 0.139. The van der Waals surface area contributed by atoms with Crippen LogP contribution >= 0.6 is 0 Å². The van der Waals surface area contributed by atoms with Gasteiger partial charge in [0, 0.05) is 50.7 Å². The summed E-state index contributed by atoms with van der Waals surface area (Å²) in [7, 11) is 0. The maximum atomic E-state index is 11.6. The molecule has 1 saturated heterocycles. The van der Waals surface area contributed by atoms with Gasteiger partial charge in [-0.1, -0.05) is 12.2 Å². The second-order valence-electron chi connectivity index (χ2n) is 8.12. The number of fused-ring (bicyclic) bond motifs is 1. The Kier molecular flexibility index (Phi) is 5.34. The third-order valence-corrected chi connectivity index (χ3v) is 6.24. The molecule has 1 fully saturated rings. The van der Waals surface area contributed by atoms with E-state index in [9.17, 15) is 4.79 Å². The molecule has 0 bridgehead atoms. The first kappa shape index (κ1) is 17.7. The van der Waals surface area contributed by atoms with Crippen LogP contribution in [0, 0.1) is 5.92 Å². The van der Waals surface area contributed by atoms with Gasteiger partial charge >= 0.3 is 0 Å². The largest absolute Gasteiger partial charge is 0.338 e. The van der Waals surface area contributed by atoms with Crippen molar-refractivity contribution >= 4 is 5.91 Å². The molecule has 4 rings (SSSR count). The van der Waals surface area contributed by atoms with E-state index in [0.29, 0.717) is 12.5 Å². The molecule has 2 aliphatic heterocycles. The van der Waals surface area contributed by atoms with E-state index in [4.69, 9.17) is 4.98 Å². The fourth-order valence-electron chi connectivity index (χ4n) is 4.56. The number of aromatic nitrogens is 2. The normalized spacial score (nSPS) is 24.5. The standard InChI is InChI=1S/C21H30N4O/c1-16(26)25-12-9-20-19(15-25)13-22-21(23-20)18-7-10-24(11-8-18)14-17-5-3-2-4-6-17/h2-3,13,17-18H,4-12,14-15H2,1H3. The van der Waals surface area contributed by atoms with E-state index in [1.54, 1.807) is 6.92 Å². The van der Waals surface area contributed by atoms with Crippen molar-refractivity contribution in [3.05, 3.63) is 35.4 Å². The number of nitrogens with zero attached hydrogens (tertiary/aromatic N) is 4. The number of rotatable bonds is 3. The Bertz CT molecular complexity index is 679. The van der Waals surface area contributed by atoms with Crippen molar-refractivity contribution in [1.82, 2.24) is 19.8 Å². The molecule has 3 aliphatic rings. The number of hydrogen-bond acceptors (Lipinski definition) is 4. The fraction of sp³-hybridized carbons (Fsp3) is 0.667. The maximum Gasteiger partial charge on any atom is 0.219 e. The van der Waals surface area contributed by atoms with E-state index in [1.165, 1.54) is 51.7 Å². The Balaban J connectivity index is 1.33. The SMILES string of the molecule is CC(=O)N1CCc2nc(C3CCN(CC4CC=CCC4)CC3)ncc2C1. The van der Waals surface area contributed by atoms with Crippen LogP contribution in [0.1, 0.15) is 62.0 Å². The molecular formula is C21H30N4O. The van der Waals surface area contributed by atoms with Crippen LogP contribution < -0.4 is 0 Å². The average Bonchev–Trinajstić information content (AvgIpc) is 2.68. The van der Waals surface area contributed by atoms with Crippen molar-refractivity contribution in [3.63, 3.8) is 0 Å². The molecule has 26 heavy (non-hydrogen) atoms. The maximum absolute atomic E-state index is 11.6. The molecule has 1 atom stereocenters. The molecule has 3 heterocycles. The Morgan fingerprint density at radius 2 is 2.04 bits per heavy atom. The smallest absolute Gasteiger partial charge is 0.219 e. The summed E-state index contributed by atoms with van der Waals surface area (Å²) < 4.78 is 0. The van der Waals surface area contributed by atoms with E-state index in [-0.39, 0.29) is 5.91 Å². The highest BCUT2D eigenvalue weighted by Gasteiger charge is 2.26. The number of hydrogen-bond donors (Lipinski definition) is 0. The lowest BCUT2D eigenvalue weighted by Crippen LogP contribution is -2.37. The molecule has 0 radical (unpaired) electrons. The van der Waals surface area contributed by atoms with Crippen molar-refractivity contribution in [2.24, 2.45) is 5.92 Å². The highest BCUT2D eigenvalue weighted by atomic mass is 16.2. The number of carbonyl (C=O) groups excluding carboxylic acids is 1. The Labute approximate surface area is 156 Å². The summed E-state index contributed by atoms with van der Waals surface area (Å²) in [6.45, 7) is 6.68. The lowest BCUT2D eigenvalue weighted by Gasteiger charge is -2.34. The molecule has 1 unspecified atom stereocenters. The molecule has 1 amide bonds. The molecule has 140 valence electrons. The number of allylic oxidation sites excluding steroid dienone is 2. The van der Waals surface area contributed by atoms with Crippen LogP contribution in [-0.2, 0) is 17.8 Å². The summed E-state index contributed by atoms with van der Waals surface area (Å²) in [5.74, 6) is 2.51. The topological polar surface area (TPSA) is 49.3 Å². The van der Waals surface area contributed by atoms with Crippen LogP contribution in [0.4, 0.5) is 0 Å². The van der Waals surface area contributed by atoms with Gasteiger partial charge < -0.3 is 9.80 Å². The monoisotopic (exact) mass is 354 g/mol. The average molecular weight is 354 g/mol. The molecule has 0 spiro atoms. The van der Waals surface area contributed by atoms with E-state index >= 15 is 0 Å². The summed E-state index contributed by atoms with van der Waals surface area (Å²) in [6.07, 6.45) is 13.7. The zero-order valence-corrected chi connectivity index (χ0v) is 15.9. The second-order valence-corrected chi connectivity index (χ2v) is 8.12. The highest BCUT2D eigenvalue weighted by molar-refractivity contribution is 5.73. The zero-order chi connectivity index (χ0) is 17.9. The van der Waals surface area contributed by atoms with Gasteiger partial charge in [-0.3, -0.25) is 4.79 Å². The van der Waals surface area contributed by atoms with Crippen LogP contribution in [-0.4, -0.2) is 51.9 Å². The predicted octanol–water partition coefficient (Wildman–Crippen LogP) is 2.92. The van der Waals surface area contributed by atoms with Crippen LogP contribution in [0.2, 0.25) is 0 Å². The van der Waals surface area contributed by atoms with Gasteiger partial charge in [0.15, 0.2) is 0 Å². The molecule has 1 aromatic rings. The van der Waals surface area contributed by atoms with Gasteiger partial charge in [0.05, 0.1) is 5.69 Å². The van der Waals surface area contributed by atoms with Crippen molar-refractivity contribution in [2.75, 3.05) is 26.2 Å². The van der Waals surface area contributed by atoms with Gasteiger partial charge in [-0.25, -0.2) is 9.97 Å². The quantitative estimate of drug-likeness (QED) is 0.783. The summed E-state index contributed by atoms with van der Waals surface area (Å²) in [6, 6.07) is 0. The minimum absolute atomic E-state index is 0.139. The van der Waals surface area contributed by atoms with Gasteiger partial charge in [-0.15, -0.1) is 0 Å². The van der Waals surface area contributed by atoms with E-state index in [0.717, 1.165) is 36.0 Å². The summed E-state index contributed by atoms with van der Waals surface area (Å²) in [4.78, 5) is 25.7. The summed E-state index contributed by atoms with van der Waals surface area (Å²) >= 11 is 0. The molecule has 1 aliphatic carbocycles. The molecule has 0 N–H and O–H groups in total. The lowest BCUT2D eigenvalue weighted by molar-refractivity contribution is -0.129. The third-order valence-electron chi connectivity index (χ3n) is 6.24. The lowest BCUT2D eigenvalue weighted by atomic mass is 9.91. The fourth-order valence-corrected chi connectivity index (χ4v) is 4.56. The molecule has 1 aromatic heterocycles. The summed E-state index contributed by atoms with van der Waals surface area (Å²) in [5, 5.41) is 0. The highest BCUT2D eigenvalue weighted by Crippen LogP contribution is 2.29. The van der Waals surface area contributed by atoms with Crippen molar-refractivity contribution in [1.29, 1.82) is 0 Å². The van der Waals surface area contributed by atoms with Crippen molar-refractivity contribution in [2.45, 2.75) is 57.9 Å². The Hall–Kier alpha value is -1.75. The summed E-state index contributed by atoms with van der Waals surface area (Å²) in [5.41, 5.74) is 2.28. The van der Waals surface area contributed by atoms with Gasteiger partial charge in [0.1, 0.15) is 5.82 Å². The number of amides is 1. The predicted molar refractivity (Wildman–Crippen MR) is 102 cm³/mol. The van der Waals surface area contributed by atoms with Gasteiger partial charge in [-0.2, -0.15) is 0 Å². The molecule has 0 aromatic carbocycles. The Morgan fingerprint density at radius 3 is 2.77 bits per heavy atom. The van der Waals surface area contributed by atoms with Crippen LogP contribution in [0.15, 0.2) is 18.3 Å².